The summed E-state index contributed by atoms with van der Waals surface area (Å²) >= 11 is 1.42. The Morgan fingerprint density at radius 2 is 1.81 bits per heavy atom. The lowest BCUT2D eigenvalue weighted by Crippen LogP contribution is -2.24. The SMILES string of the molecule is CCn1c(SCC(=O)NCc2ccc(C)cc2)nnc1-c1ccccc1C. The molecule has 0 atom stereocenters. The van der Waals surface area contributed by atoms with Gasteiger partial charge in [0.2, 0.25) is 5.91 Å². The first-order chi connectivity index (χ1) is 13.1. The molecule has 1 N–H and O–H groups in total. The first-order valence-electron chi connectivity index (χ1n) is 9.02. The van der Waals surface area contributed by atoms with E-state index in [4.69, 9.17) is 0 Å². The summed E-state index contributed by atoms with van der Waals surface area (Å²) in [6, 6.07) is 16.3. The maximum atomic E-state index is 12.2. The molecule has 0 aliphatic heterocycles. The number of rotatable bonds is 7. The predicted octanol–water partition coefficient (Wildman–Crippen LogP) is 3.99. The number of hydrogen-bond donors (Lipinski definition) is 1. The Kier molecular flexibility index (Phi) is 6.29. The second kappa shape index (κ2) is 8.86. The highest BCUT2D eigenvalue weighted by atomic mass is 32.2. The van der Waals surface area contributed by atoms with Gasteiger partial charge in [-0.25, -0.2) is 0 Å². The number of carbonyl (C=O) groups excluding carboxylic acids is 1. The molecule has 0 saturated heterocycles. The average molecular weight is 381 g/mol. The molecule has 1 heterocycles. The van der Waals surface area contributed by atoms with Crippen LogP contribution in [-0.2, 0) is 17.9 Å². The standard InChI is InChI=1S/C21H24N4OS/c1-4-25-20(18-8-6-5-7-16(18)3)23-24-21(25)27-14-19(26)22-13-17-11-9-15(2)10-12-17/h5-12H,4,13-14H2,1-3H3,(H,22,26). The molecule has 0 saturated carbocycles. The quantitative estimate of drug-likeness (QED) is 0.630. The van der Waals surface area contributed by atoms with Crippen molar-refractivity contribution in [1.29, 1.82) is 0 Å². The predicted molar refractivity (Wildman–Crippen MR) is 110 cm³/mol. The van der Waals surface area contributed by atoms with Crippen LogP contribution >= 0.6 is 11.8 Å². The topological polar surface area (TPSA) is 59.8 Å². The monoisotopic (exact) mass is 380 g/mol. The molecule has 0 fully saturated rings. The van der Waals surface area contributed by atoms with Crippen LogP contribution in [0.2, 0.25) is 0 Å². The molecule has 1 amide bonds. The van der Waals surface area contributed by atoms with Gasteiger partial charge in [0.05, 0.1) is 5.75 Å². The first kappa shape index (κ1) is 19.2. The lowest BCUT2D eigenvalue weighted by molar-refractivity contribution is -0.118. The van der Waals surface area contributed by atoms with Gasteiger partial charge in [0.25, 0.3) is 0 Å². The molecule has 6 heteroatoms. The average Bonchev–Trinajstić information content (AvgIpc) is 3.09. The van der Waals surface area contributed by atoms with Crippen molar-refractivity contribution in [1.82, 2.24) is 20.1 Å². The molecule has 5 nitrogen and oxygen atoms in total. The molecule has 0 spiro atoms. The van der Waals surface area contributed by atoms with Crippen molar-refractivity contribution in [3.63, 3.8) is 0 Å². The normalized spacial score (nSPS) is 10.8. The van der Waals surface area contributed by atoms with Crippen LogP contribution in [0.5, 0.6) is 0 Å². The lowest BCUT2D eigenvalue weighted by atomic mass is 10.1. The van der Waals surface area contributed by atoms with Crippen LogP contribution in [0.4, 0.5) is 0 Å². The fraction of sp³-hybridized carbons (Fsp3) is 0.286. The summed E-state index contributed by atoms with van der Waals surface area (Å²) in [5.74, 6) is 1.15. The second-order valence-corrected chi connectivity index (χ2v) is 7.36. The molecule has 1 aromatic heterocycles. The third kappa shape index (κ3) is 4.77. The van der Waals surface area contributed by atoms with E-state index < -0.39 is 0 Å². The van der Waals surface area contributed by atoms with Gasteiger partial charge < -0.3 is 9.88 Å². The Hall–Kier alpha value is -2.60. The van der Waals surface area contributed by atoms with Gasteiger partial charge in [-0.15, -0.1) is 10.2 Å². The van der Waals surface area contributed by atoms with Crippen LogP contribution < -0.4 is 5.32 Å². The Morgan fingerprint density at radius 1 is 1.07 bits per heavy atom. The maximum absolute atomic E-state index is 12.2. The number of aryl methyl sites for hydroxylation is 2. The van der Waals surface area contributed by atoms with Gasteiger partial charge in [-0.05, 0) is 31.9 Å². The fourth-order valence-corrected chi connectivity index (χ4v) is 3.62. The van der Waals surface area contributed by atoms with Crippen molar-refractivity contribution in [3.8, 4) is 11.4 Å². The number of amides is 1. The van der Waals surface area contributed by atoms with Gasteiger partial charge in [-0.2, -0.15) is 0 Å². The van der Waals surface area contributed by atoms with E-state index in [9.17, 15) is 4.79 Å². The molecule has 0 aliphatic carbocycles. The summed E-state index contributed by atoms with van der Waals surface area (Å²) < 4.78 is 2.06. The highest BCUT2D eigenvalue weighted by Crippen LogP contribution is 2.26. The molecular weight excluding hydrogens is 356 g/mol. The van der Waals surface area contributed by atoms with Crippen molar-refractivity contribution in [2.45, 2.75) is 39.0 Å². The van der Waals surface area contributed by atoms with Crippen LogP contribution in [-0.4, -0.2) is 26.4 Å². The van der Waals surface area contributed by atoms with E-state index in [2.05, 4.69) is 40.0 Å². The highest BCUT2D eigenvalue weighted by molar-refractivity contribution is 7.99. The van der Waals surface area contributed by atoms with E-state index in [0.29, 0.717) is 12.3 Å². The van der Waals surface area contributed by atoms with Gasteiger partial charge in [0.1, 0.15) is 0 Å². The second-order valence-electron chi connectivity index (χ2n) is 6.42. The van der Waals surface area contributed by atoms with E-state index >= 15 is 0 Å². The number of thioether (sulfide) groups is 1. The Morgan fingerprint density at radius 3 is 2.52 bits per heavy atom. The van der Waals surface area contributed by atoms with Crippen molar-refractivity contribution in [2.75, 3.05) is 5.75 Å². The maximum Gasteiger partial charge on any atom is 0.230 e. The van der Waals surface area contributed by atoms with Gasteiger partial charge in [-0.3, -0.25) is 4.79 Å². The van der Waals surface area contributed by atoms with Crippen LogP contribution in [0.15, 0.2) is 53.7 Å². The molecule has 2 aromatic carbocycles. The largest absolute Gasteiger partial charge is 0.351 e. The zero-order chi connectivity index (χ0) is 19.2. The molecule has 0 unspecified atom stereocenters. The molecule has 0 aliphatic rings. The molecule has 3 aromatic rings. The van der Waals surface area contributed by atoms with Crippen LogP contribution in [0.25, 0.3) is 11.4 Å². The number of carbonyl (C=O) groups is 1. The number of aromatic nitrogens is 3. The van der Waals surface area contributed by atoms with E-state index in [0.717, 1.165) is 34.2 Å². The summed E-state index contributed by atoms with van der Waals surface area (Å²) in [5, 5.41) is 12.4. The van der Waals surface area contributed by atoms with Gasteiger partial charge in [-0.1, -0.05) is 65.9 Å². The Labute approximate surface area is 164 Å². The van der Waals surface area contributed by atoms with Gasteiger partial charge in [0, 0.05) is 18.7 Å². The van der Waals surface area contributed by atoms with E-state index in [1.807, 2.05) is 49.4 Å². The Bertz CT molecular complexity index is 918. The number of nitrogens with one attached hydrogen (secondary N) is 1. The Balaban J connectivity index is 1.62. The van der Waals surface area contributed by atoms with Crippen molar-refractivity contribution < 1.29 is 4.79 Å². The van der Waals surface area contributed by atoms with E-state index in [1.54, 1.807) is 0 Å². The summed E-state index contributed by atoms with van der Waals surface area (Å²) in [6.07, 6.45) is 0. The molecule has 27 heavy (non-hydrogen) atoms. The van der Waals surface area contributed by atoms with Crippen LogP contribution in [0.3, 0.4) is 0 Å². The lowest BCUT2D eigenvalue weighted by Gasteiger charge is -2.09. The van der Waals surface area contributed by atoms with Crippen molar-refractivity contribution >= 4 is 17.7 Å². The fourth-order valence-electron chi connectivity index (χ4n) is 2.79. The minimum Gasteiger partial charge on any atom is -0.351 e. The smallest absolute Gasteiger partial charge is 0.230 e. The van der Waals surface area contributed by atoms with E-state index in [-0.39, 0.29) is 5.91 Å². The number of nitrogens with zero attached hydrogens (tertiary/aromatic N) is 3. The molecular formula is C21H24N4OS. The first-order valence-corrected chi connectivity index (χ1v) is 10.0. The van der Waals surface area contributed by atoms with E-state index in [1.165, 1.54) is 17.3 Å². The molecule has 0 radical (unpaired) electrons. The molecule has 140 valence electrons. The minimum atomic E-state index is -0.0105. The number of hydrogen-bond acceptors (Lipinski definition) is 4. The molecule has 3 rings (SSSR count). The summed E-state index contributed by atoms with van der Waals surface area (Å²) in [7, 11) is 0. The summed E-state index contributed by atoms with van der Waals surface area (Å²) in [4.78, 5) is 12.2. The zero-order valence-electron chi connectivity index (χ0n) is 15.9. The third-order valence-electron chi connectivity index (χ3n) is 4.36. The van der Waals surface area contributed by atoms with Crippen LogP contribution in [0, 0.1) is 13.8 Å². The zero-order valence-corrected chi connectivity index (χ0v) is 16.7. The summed E-state index contributed by atoms with van der Waals surface area (Å²) in [5.41, 5.74) is 4.54. The van der Waals surface area contributed by atoms with Crippen molar-refractivity contribution in [3.05, 3.63) is 65.2 Å². The number of benzene rings is 2. The van der Waals surface area contributed by atoms with Crippen LogP contribution in [0.1, 0.15) is 23.6 Å². The minimum absolute atomic E-state index is 0.0105. The summed E-state index contributed by atoms with van der Waals surface area (Å²) in [6.45, 7) is 7.47. The van der Waals surface area contributed by atoms with Crippen molar-refractivity contribution in [2.24, 2.45) is 0 Å². The third-order valence-corrected chi connectivity index (χ3v) is 5.33. The van der Waals surface area contributed by atoms with Gasteiger partial charge in [0.15, 0.2) is 11.0 Å². The molecule has 0 bridgehead atoms. The van der Waals surface area contributed by atoms with Gasteiger partial charge >= 0.3 is 0 Å². The highest BCUT2D eigenvalue weighted by Gasteiger charge is 2.15.